The summed E-state index contributed by atoms with van der Waals surface area (Å²) in [7, 11) is 0. The molecular weight excluding hydrogens is 569 g/mol. The third-order valence-electron chi connectivity index (χ3n) is 9.08. The molecule has 0 unspecified atom stereocenters. The Labute approximate surface area is 264 Å². The predicted octanol–water partition coefficient (Wildman–Crippen LogP) is 11.4. The molecule has 5 heteroatoms. The molecule has 0 saturated carbocycles. The van der Waals surface area contributed by atoms with Crippen LogP contribution in [0.3, 0.4) is 0 Å². The average Bonchev–Trinajstić information content (AvgIpc) is 3.53. The Morgan fingerprint density at radius 3 is 1.38 bits per heavy atom. The molecule has 6 aromatic carbocycles. The van der Waals surface area contributed by atoms with E-state index in [1.165, 1.54) is 22.3 Å². The van der Waals surface area contributed by atoms with Gasteiger partial charge in [0, 0.05) is 33.7 Å². The molecule has 0 N–H and O–H groups in total. The van der Waals surface area contributed by atoms with Crippen LogP contribution in [0, 0.1) is 13.1 Å². The second-order valence-electron chi connectivity index (χ2n) is 11.5. The van der Waals surface area contributed by atoms with E-state index in [0.29, 0.717) is 11.4 Å². The number of para-hydroxylation sites is 2. The average molecular weight is 593 g/mol. The summed E-state index contributed by atoms with van der Waals surface area (Å²) in [5.74, 6) is 1.91. The van der Waals surface area contributed by atoms with Gasteiger partial charge in [-0.3, -0.25) is 0 Å². The zero-order chi connectivity index (χ0) is 30.1. The number of nitrogens with zero attached hydrogens (tertiary/aromatic N) is 4. The molecule has 0 bridgehead atoms. The van der Waals surface area contributed by atoms with Gasteiger partial charge >= 0.3 is 0 Å². The molecule has 0 atom stereocenters. The van der Waals surface area contributed by atoms with Crippen LogP contribution in [0.1, 0.15) is 11.1 Å². The molecule has 1 aliphatic rings. The SMILES string of the molecule is [C-]#[N+]c1ccc2c(c1)c1ccccc1n2-c1ccc2c(c1)-c1cc(-n3c4ccccc4c4cc([N+]#[C-])ccc43)ccc1CSC2. The number of thioether (sulfide) groups is 1. The molecule has 210 valence electrons. The number of hydrogen-bond acceptors (Lipinski definition) is 1. The second-order valence-corrected chi connectivity index (χ2v) is 12.5. The highest BCUT2D eigenvalue weighted by molar-refractivity contribution is 7.97. The van der Waals surface area contributed by atoms with Crippen molar-refractivity contribution in [3.8, 4) is 22.5 Å². The zero-order valence-electron chi connectivity index (χ0n) is 24.2. The van der Waals surface area contributed by atoms with Crippen molar-refractivity contribution in [3.63, 3.8) is 0 Å². The highest BCUT2D eigenvalue weighted by Crippen LogP contribution is 2.42. The van der Waals surface area contributed by atoms with E-state index in [9.17, 15) is 0 Å². The van der Waals surface area contributed by atoms with Crippen molar-refractivity contribution in [3.05, 3.63) is 155 Å². The quantitative estimate of drug-likeness (QED) is 0.183. The van der Waals surface area contributed by atoms with Crippen molar-refractivity contribution < 1.29 is 0 Å². The van der Waals surface area contributed by atoms with E-state index in [1.807, 2.05) is 36.0 Å². The lowest BCUT2D eigenvalue weighted by atomic mass is 9.95. The van der Waals surface area contributed by atoms with Gasteiger partial charge < -0.3 is 9.13 Å². The summed E-state index contributed by atoms with van der Waals surface area (Å²) in [5, 5.41) is 4.50. The van der Waals surface area contributed by atoms with E-state index in [1.54, 1.807) is 0 Å². The van der Waals surface area contributed by atoms with E-state index in [-0.39, 0.29) is 0 Å². The second kappa shape index (κ2) is 9.89. The van der Waals surface area contributed by atoms with Gasteiger partial charge in [0.15, 0.2) is 11.4 Å². The van der Waals surface area contributed by atoms with Crippen molar-refractivity contribution in [1.82, 2.24) is 9.13 Å². The van der Waals surface area contributed by atoms with Crippen LogP contribution >= 0.6 is 11.8 Å². The van der Waals surface area contributed by atoms with Crippen LogP contribution in [-0.4, -0.2) is 9.13 Å². The monoisotopic (exact) mass is 592 g/mol. The molecule has 2 aromatic heterocycles. The van der Waals surface area contributed by atoms with Gasteiger partial charge in [0.25, 0.3) is 0 Å². The van der Waals surface area contributed by atoms with Crippen LogP contribution in [0.25, 0.3) is 75.8 Å². The smallest absolute Gasteiger partial charge is 0.188 e. The predicted molar refractivity (Wildman–Crippen MR) is 188 cm³/mol. The Hall–Kier alpha value is -5.75. The lowest BCUT2D eigenvalue weighted by Crippen LogP contribution is -1.99. The van der Waals surface area contributed by atoms with Crippen LogP contribution in [0.2, 0.25) is 0 Å². The Morgan fingerprint density at radius 2 is 0.911 bits per heavy atom. The molecule has 3 heterocycles. The molecule has 0 spiro atoms. The van der Waals surface area contributed by atoms with Gasteiger partial charge in [0.1, 0.15) is 0 Å². The summed E-state index contributed by atoms with van der Waals surface area (Å²) >= 11 is 1.96. The first-order valence-corrected chi connectivity index (χ1v) is 16.0. The third kappa shape index (κ3) is 3.85. The van der Waals surface area contributed by atoms with Crippen LogP contribution in [-0.2, 0) is 11.5 Å². The van der Waals surface area contributed by atoms with Crippen molar-refractivity contribution >= 4 is 66.7 Å². The fourth-order valence-corrected chi connectivity index (χ4v) is 8.09. The number of benzene rings is 6. The molecule has 1 aliphatic heterocycles. The van der Waals surface area contributed by atoms with E-state index in [0.717, 1.165) is 66.5 Å². The van der Waals surface area contributed by atoms with Crippen LogP contribution in [0.4, 0.5) is 11.4 Å². The highest BCUT2D eigenvalue weighted by Gasteiger charge is 2.20. The molecule has 0 radical (unpaired) electrons. The van der Waals surface area contributed by atoms with Gasteiger partial charge in [-0.15, -0.1) is 0 Å². The summed E-state index contributed by atoms with van der Waals surface area (Å²) in [6.45, 7) is 15.1. The molecular formula is C40H24N4S. The van der Waals surface area contributed by atoms with Crippen LogP contribution < -0.4 is 0 Å². The fraction of sp³-hybridized carbons (Fsp3) is 0.0500. The Balaban J connectivity index is 1.28. The summed E-state index contributed by atoms with van der Waals surface area (Å²) < 4.78 is 4.67. The maximum atomic E-state index is 7.57. The third-order valence-corrected chi connectivity index (χ3v) is 10.1. The maximum Gasteiger partial charge on any atom is 0.188 e. The van der Waals surface area contributed by atoms with E-state index >= 15 is 0 Å². The summed E-state index contributed by atoms with van der Waals surface area (Å²) in [4.78, 5) is 7.40. The Morgan fingerprint density at radius 1 is 0.467 bits per heavy atom. The van der Waals surface area contributed by atoms with Gasteiger partial charge in [-0.25, -0.2) is 9.69 Å². The first-order chi connectivity index (χ1) is 22.2. The Kier molecular flexibility index (Phi) is 5.65. The van der Waals surface area contributed by atoms with Gasteiger partial charge in [0.05, 0.1) is 35.2 Å². The van der Waals surface area contributed by atoms with Crippen molar-refractivity contribution in [1.29, 1.82) is 0 Å². The Bertz CT molecular complexity index is 2430. The minimum atomic E-state index is 0.654. The first-order valence-electron chi connectivity index (χ1n) is 14.9. The molecule has 9 rings (SSSR count). The van der Waals surface area contributed by atoms with Gasteiger partial charge in [0.2, 0.25) is 0 Å². The van der Waals surface area contributed by atoms with Gasteiger partial charge in [-0.1, -0.05) is 60.7 Å². The lowest BCUT2D eigenvalue weighted by molar-refractivity contribution is 1.17. The minimum Gasteiger partial charge on any atom is -0.309 e. The van der Waals surface area contributed by atoms with Gasteiger partial charge in [-0.05, 0) is 93.7 Å². The number of rotatable bonds is 2. The normalized spacial score (nSPS) is 12.6. The van der Waals surface area contributed by atoms with E-state index < -0.39 is 0 Å². The van der Waals surface area contributed by atoms with Crippen LogP contribution in [0.15, 0.2) is 121 Å². The maximum absolute atomic E-state index is 7.57. The molecule has 0 saturated heterocycles. The lowest BCUT2D eigenvalue weighted by Gasteiger charge is -2.16. The minimum absolute atomic E-state index is 0.654. The molecule has 8 aromatic rings. The fourth-order valence-electron chi connectivity index (χ4n) is 7.05. The zero-order valence-corrected chi connectivity index (χ0v) is 25.0. The summed E-state index contributed by atoms with van der Waals surface area (Å²) in [5.41, 5.74) is 13.2. The topological polar surface area (TPSA) is 18.6 Å². The number of hydrogen-bond donors (Lipinski definition) is 0. The first kappa shape index (κ1) is 25.7. The molecule has 0 amide bonds. The summed E-state index contributed by atoms with van der Waals surface area (Å²) in [6.07, 6.45) is 0. The van der Waals surface area contributed by atoms with Crippen molar-refractivity contribution in [2.45, 2.75) is 11.5 Å². The standard InChI is InChI=1S/C40H24N4S/c1-41-27-13-17-39-35(19-27)31-7-3-5-9-37(31)43(39)29-15-11-25-23-45-24-26-12-16-30(22-34(26)33(25)21-29)44-38-10-6-4-8-32(38)36-20-28(42-2)14-18-40(36)44/h3-22H,23-24H2. The van der Waals surface area contributed by atoms with Crippen molar-refractivity contribution in [2.24, 2.45) is 0 Å². The van der Waals surface area contributed by atoms with Crippen LogP contribution in [0.5, 0.6) is 0 Å². The molecule has 4 nitrogen and oxygen atoms in total. The summed E-state index contributed by atoms with van der Waals surface area (Å²) in [6, 6.07) is 42.7. The largest absolute Gasteiger partial charge is 0.309 e. The van der Waals surface area contributed by atoms with Gasteiger partial charge in [-0.2, -0.15) is 11.8 Å². The van der Waals surface area contributed by atoms with E-state index in [4.69, 9.17) is 13.1 Å². The molecule has 0 aliphatic carbocycles. The highest BCUT2D eigenvalue weighted by atomic mass is 32.2. The molecule has 0 fully saturated rings. The number of aromatic nitrogens is 2. The van der Waals surface area contributed by atoms with Crippen molar-refractivity contribution in [2.75, 3.05) is 0 Å². The number of fused-ring (bicyclic) bond motifs is 9. The molecule has 45 heavy (non-hydrogen) atoms. The van der Waals surface area contributed by atoms with E-state index in [2.05, 4.69) is 116 Å².